The van der Waals surface area contributed by atoms with Crippen LogP contribution in [-0.2, 0) is 6.42 Å². The molecule has 1 aliphatic heterocycles. The lowest BCUT2D eigenvalue weighted by molar-refractivity contribution is 1.22. The number of anilines is 1. The largest absolute Gasteiger partial charge is 0.359 e. The first-order valence-electron chi connectivity index (χ1n) is 4.72. The van der Waals surface area contributed by atoms with Crippen molar-refractivity contribution in [2.75, 3.05) is 5.32 Å². The topological polar surface area (TPSA) is 12.0 Å². The molecule has 1 N–H and O–H groups in total. The zero-order valence-electron chi connectivity index (χ0n) is 8.80. The number of nitrogens with one attached hydrogen (secondary N) is 1. The second kappa shape index (κ2) is 4.94. The molecule has 0 amide bonds. The Morgan fingerprint density at radius 3 is 2.71 bits per heavy atom. The minimum atomic E-state index is 0.988. The van der Waals surface area contributed by atoms with Crippen LogP contribution in [0.25, 0.3) is 0 Å². The van der Waals surface area contributed by atoms with Crippen LogP contribution in [0.3, 0.4) is 0 Å². The van der Waals surface area contributed by atoms with Crippen molar-refractivity contribution in [3.8, 4) is 0 Å². The summed E-state index contributed by atoms with van der Waals surface area (Å²) < 4.78 is 0. The van der Waals surface area contributed by atoms with Crippen LogP contribution >= 0.6 is 0 Å². The van der Waals surface area contributed by atoms with Gasteiger partial charge in [0.2, 0.25) is 0 Å². The third kappa shape index (κ3) is 2.44. The first-order chi connectivity index (χ1) is 6.69. The van der Waals surface area contributed by atoms with E-state index in [9.17, 15) is 0 Å². The molecule has 1 aliphatic rings. The smallest absolute Gasteiger partial charge is 0.0502 e. The molecule has 1 aromatic rings. The van der Waals surface area contributed by atoms with Crippen LogP contribution < -0.4 is 5.32 Å². The Bertz CT molecular complexity index is 334. The minimum Gasteiger partial charge on any atom is -0.359 e. The maximum absolute atomic E-state index is 4.72. The average molecular weight is 182 g/mol. The molecule has 3 radical (unpaired) electrons. The molecule has 3 heteroatoms. The van der Waals surface area contributed by atoms with E-state index in [1.165, 1.54) is 24.0 Å². The highest BCUT2D eigenvalue weighted by atomic mass is 14.9. The van der Waals surface area contributed by atoms with Crippen molar-refractivity contribution >= 4 is 20.6 Å². The van der Waals surface area contributed by atoms with Gasteiger partial charge in [0.15, 0.2) is 0 Å². The molecule has 1 aromatic carbocycles. The summed E-state index contributed by atoms with van der Waals surface area (Å²) in [5.74, 6) is 0. The lowest BCUT2D eigenvalue weighted by Gasteiger charge is -2.00. The quantitative estimate of drug-likeness (QED) is 0.606. The molecule has 0 aromatic heterocycles. The van der Waals surface area contributed by atoms with E-state index in [1.54, 1.807) is 6.82 Å². The lowest BCUT2D eigenvalue weighted by atomic mass is 9.59. The second-order valence-corrected chi connectivity index (χ2v) is 3.34. The van der Waals surface area contributed by atoms with Crippen molar-refractivity contribution < 1.29 is 0 Å². The molecule has 69 valence electrons. The summed E-state index contributed by atoms with van der Waals surface area (Å²) in [7, 11) is 6.22. The fraction of sp³-hybridized carbons (Fsp3) is 0.273. The van der Waals surface area contributed by atoms with Crippen LogP contribution in [0, 0.1) is 6.92 Å². The van der Waals surface area contributed by atoms with E-state index in [0.29, 0.717) is 0 Å². The van der Waals surface area contributed by atoms with Crippen LogP contribution in [0.1, 0.15) is 11.1 Å². The molecule has 0 spiro atoms. The Kier molecular flexibility index (Phi) is 3.87. The van der Waals surface area contributed by atoms with E-state index >= 15 is 0 Å². The van der Waals surface area contributed by atoms with Gasteiger partial charge in [-0.15, -0.1) is 6.82 Å². The average Bonchev–Trinajstić information content (AvgIpc) is 2.48. The van der Waals surface area contributed by atoms with E-state index in [4.69, 9.17) is 7.74 Å². The molecule has 1 nitrogen and oxygen atoms in total. The van der Waals surface area contributed by atoms with Crippen LogP contribution in [0.15, 0.2) is 30.5 Å². The summed E-state index contributed by atoms with van der Waals surface area (Å²) in [5.41, 5.74) is 5.09. The fourth-order valence-corrected chi connectivity index (χ4v) is 1.50. The predicted molar refractivity (Wildman–Crippen MR) is 65.0 cm³/mol. The Morgan fingerprint density at radius 1 is 1.50 bits per heavy atom. The van der Waals surface area contributed by atoms with Gasteiger partial charge >= 0.3 is 0 Å². The number of fused-ring (bicyclic) bond motifs is 1. The molecular weight excluding hydrogens is 168 g/mol. The van der Waals surface area contributed by atoms with Crippen molar-refractivity contribution in [3.05, 3.63) is 41.6 Å². The second-order valence-electron chi connectivity index (χ2n) is 3.34. The highest BCUT2D eigenvalue weighted by Gasteiger charge is 2.13. The van der Waals surface area contributed by atoms with Gasteiger partial charge in [0.25, 0.3) is 0 Å². The molecular formula is C11H14B2N. The first-order valence-corrected chi connectivity index (χ1v) is 4.72. The Hall–Kier alpha value is -1.11. The zero-order chi connectivity index (χ0) is 10.6. The molecule has 0 saturated carbocycles. The van der Waals surface area contributed by atoms with E-state index in [-0.39, 0.29) is 0 Å². The number of rotatable bonds is 0. The van der Waals surface area contributed by atoms with Gasteiger partial charge in [-0.05, 0) is 24.1 Å². The maximum Gasteiger partial charge on any atom is 0.0502 e. The van der Waals surface area contributed by atoms with Crippen LogP contribution in [-0.4, -0.2) is 14.9 Å². The third-order valence-corrected chi connectivity index (χ3v) is 2.11. The maximum atomic E-state index is 4.72. The van der Waals surface area contributed by atoms with Gasteiger partial charge in [0.05, 0.1) is 7.17 Å². The number of allylic oxidation sites excluding steroid dienone is 1. The number of hydrogen-bond donors (Lipinski definition) is 1. The number of hydrogen-bond acceptors (Lipinski definition) is 1. The Balaban J connectivity index is 0.000000293. The van der Waals surface area contributed by atoms with Gasteiger partial charge in [-0.2, -0.15) is 0 Å². The molecule has 0 bridgehead atoms. The number of benzene rings is 1. The molecule has 1 heterocycles. The first kappa shape index (κ1) is 11.0. The van der Waals surface area contributed by atoms with Gasteiger partial charge in [-0.25, -0.2) is 0 Å². The molecule has 14 heavy (non-hydrogen) atoms. The van der Waals surface area contributed by atoms with Crippen LogP contribution in [0.5, 0.6) is 0 Å². The van der Waals surface area contributed by atoms with E-state index < -0.39 is 0 Å². The molecule has 0 fully saturated rings. The van der Waals surface area contributed by atoms with E-state index in [1.807, 2.05) is 0 Å². The molecule has 0 saturated heterocycles. The summed E-state index contributed by atoms with van der Waals surface area (Å²) in [4.78, 5) is 0. The molecule has 0 unspecified atom stereocenters. The summed E-state index contributed by atoms with van der Waals surface area (Å²) in [6.45, 7) is 7.81. The zero-order valence-corrected chi connectivity index (χ0v) is 8.80. The molecule has 2 rings (SSSR count). The van der Waals surface area contributed by atoms with Crippen molar-refractivity contribution in [2.45, 2.75) is 20.2 Å². The summed E-state index contributed by atoms with van der Waals surface area (Å²) in [6.07, 6.45) is 0.988. The molecule has 0 aliphatic carbocycles. The van der Waals surface area contributed by atoms with Crippen LogP contribution in [0.2, 0.25) is 6.82 Å². The summed E-state index contributed by atoms with van der Waals surface area (Å²) in [5, 5.41) is 3.24. The van der Waals surface area contributed by atoms with Crippen LogP contribution in [0.4, 0.5) is 5.69 Å². The predicted octanol–water partition coefficient (Wildman–Crippen LogP) is 2.30. The standard InChI is InChI=1S/C10H11N.CH3B2/c1-7-4-3-5-10-9(7)6-8(2)11-10;1-3-2/h3-5,11H,2,6H2,1H3;1H3. The normalized spacial score (nSPS) is 12.3. The monoisotopic (exact) mass is 182 g/mol. The van der Waals surface area contributed by atoms with Crippen molar-refractivity contribution in [1.29, 1.82) is 0 Å². The van der Waals surface area contributed by atoms with Gasteiger partial charge in [0.1, 0.15) is 0 Å². The lowest BCUT2D eigenvalue weighted by Crippen LogP contribution is -1.86. The van der Waals surface area contributed by atoms with E-state index in [0.717, 1.165) is 12.1 Å². The fourth-order valence-electron chi connectivity index (χ4n) is 1.50. The van der Waals surface area contributed by atoms with E-state index in [2.05, 4.69) is 37.0 Å². The molecule has 0 atom stereocenters. The van der Waals surface area contributed by atoms with Gasteiger partial charge in [0, 0.05) is 25.5 Å². The van der Waals surface area contributed by atoms with Gasteiger partial charge in [-0.3, -0.25) is 0 Å². The van der Waals surface area contributed by atoms with Crippen molar-refractivity contribution in [1.82, 2.24) is 0 Å². The van der Waals surface area contributed by atoms with Crippen molar-refractivity contribution in [3.63, 3.8) is 0 Å². The van der Waals surface area contributed by atoms with Gasteiger partial charge in [-0.1, -0.05) is 18.7 Å². The summed E-state index contributed by atoms with van der Waals surface area (Å²) >= 11 is 0. The van der Waals surface area contributed by atoms with Gasteiger partial charge < -0.3 is 5.32 Å². The minimum absolute atomic E-state index is 0.988. The third-order valence-electron chi connectivity index (χ3n) is 2.11. The summed E-state index contributed by atoms with van der Waals surface area (Å²) in [6, 6.07) is 6.30. The SMILES string of the molecule is C=C1Cc2c(C)cccc2N1.[B][B]C. The Labute approximate surface area is 88.2 Å². The highest BCUT2D eigenvalue weighted by molar-refractivity contribution is 6.88. The number of aryl methyl sites for hydroxylation is 1. The van der Waals surface area contributed by atoms with Crippen molar-refractivity contribution in [2.24, 2.45) is 0 Å². The Morgan fingerprint density at radius 2 is 2.14 bits per heavy atom. The highest BCUT2D eigenvalue weighted by Crippen LogP contribution is 2.28.